The van der Waals surface area contributed by atoms with Crippen molar-refractivity contribution in [3.8, 4) is 0 Å². The molecule has 1 aromatic heterocycles. The van der Waals surface area contributed by atoms with Crippen LogP contribution in [0.1, 0.15) is 21.7 Å². The highest BCUT2D eigenvalue weighted by atomic mass is 32.2. The van der Waals surface area contributed by atoms with E-state index >= 15 is 0 Å². The van der Waals surface area contributed by atoms with Gasteiger partial charge in [0.2, 0.25) is 0 Å². The normalized spacial score (nSPS) is 11.1. The molecule has 0 aliphatic heterocycles. The molecule has 5 nitrogen and oxygen atoms in total. The lowest BCUT2D eigenvalue weighted by atomic mass is 10.2. The third-order valence-electron chi connectivity index (χ3n) is 4.72. The highest BCUT2D eigenvalue weighted by Crippen LogP contribution is 2.23. The first-order valence-corrected chi connectivity index (χ1v) is 11.4. The number of carbonyl (C=O) groups is 2. The summed E-state index contributed by atoms with van der Waals surface area (Å²) >= 11 is 1.75. The predicted octanol–water partition coefficient (Wildman–Crippen LogP) is 5.98. The lowest BCUT2D eigenvalue weighted by Crippen LogP contribution is -2.30. The number of nitrogens with one attached hydrogen (secondary N) is 2. The van der Waals surface area contributed by atoms with Crippen LogP contribution in [0.15, 0.2) is 118 Å². The van der Waals surface area contributed by atoms with E-state index in [1.807, 2.05) is 48.5 Å². The predicted molar refractivity (Wildman–Crippen MR) is 132 cm³/mol. The van der Waals surface area contributed by atoms with Gasteiger partial charge in [-0.25, -0.2) is 0 Å². The quantitative estimate of drug-likeness (QED) is 0.254. The highest BCUT2D eigenvalue weighted by molar-refractivity contribution is 7.98. The summed E-state index contributed by atoms with van der Waals surface area (Å²) in [4.78, 5) is 26.8. The molecule has 0 aliphatic carbocycles. The summed E-state index contributed by atoms with van der Waals surface area (Å²) in [5, 5.41) is 5.53. The van der Waals surface area contributed by atoms with Crippen molar-refractivity contribution >= 4 is 35.3 Å². The number of hydrogen-bond donors (Lipinski definition) is 2. The Morgan fingerprint density at radius 3 is 2.18 bits per heavy atom. The summed E-state index contributed by atoms with van der Waals surface area (Å²) in [6.45, 7) is 0. The zero-order chi connectivity index (χ0) is 22.9. The van der Waals surface area contributed by atoms with E-state index in [0.29, 0.717) is 17.0 Å². The second-order valence-electron chi connectivity index (χ2n) is 7.15. The molecule has 0 bridgehead atoms. The molecule has 0 radical (unpaired) electrons. The average Bonchev–Trinajstić information content (AvgIpc) is 3.37. The molecule has 0 fully saturated rings. The molecule has 2 amide bonds. The van der Waals surface area contributed by atoms with Gasteiger partial charge in [-0.05, 0) is 54.1 Å². The molecule has 0 atom stereocenters. The van der Waals surface area contributed by atoms with Gasteiger partial charge in [0, 0.05) is 28.0 Å². The number of anilines is 1. The minimum absolute atomic E-state index is 0.0857. The summed E-state index contributed by atoms with van der Waals surface area (Å²) in [5.74, 6) is 0.468. The summed E-state index contributed by atoms with van der Waals surface area (Å²) in [6.07, 6.45) is 3.01. The molecular formula is C27H22N2O3S. The van der Waals surface area contributed by atoms with Crippen LogP contribution in [0.4, 0.5) is 5.69 Å². The van der Waals surface area contributed by atoms with Crippen molar-refractivity contribution in [1.82, 2.24) is 5.32 Å². The van der Waals surface area contributed by atoms with E-state index in [2.05, 4.69) is 22.8 Å². The minimum atomic E-state index is -0.443. The second-order valence-corrected chi connectivity index (χ2v) is 8.20. The van der Waals surface area contributed by atoms with Crippen molar-refractivity contribution in [2.75, 3.05) is 5.32 Å². The monoisotopic (exact) mass is 454 g/mol. The highest BCUT2D eigenvalue weighted by Gasteiger charge is 2.15. The summed E-state index contributed by atoms with van der Waals surface area (Å²) < 4.78 is 5.32. The molecule has 0 unspecified atom stereocenters. The number of amides is 2. The van der Waals surface area contributed by atoms with Gasteiger partial charge in [-0.2, -0.15) is 0 Å². The zero-order valence-corrected chi connectivity index (χ0v) is 18.5. The smallest absolute Gasteiger partial charge is 0.272 e. The average molecular weight is 455 g/mol. The lowest BCUT2D eigenvalue weighted by Gasteiger charge is -2.11. The second kappa shape index (κ2) is 11.0. The van der Waals surface area contributed by atoms with Crippen molar-refractivity contribution < 1.29 is 14.0 Å². The molecule has 3 aromatic carbocycles. The molecule has 1 heterocycles. The van der Waals surface area contributed by atoms with Crippen LogP contribution in [0.2, 0.25) is 0 Å². The van der Waals surface area contributed by atoms with Crippen molar-refractivity contribution in [1.29, 1.82) is 0 Å². The fourth-order valence-electron chi connectivity index (χ4n) is 3.02. The fraction of sp³-hybridized carbons (Fsp3) is 0.0370. The summed E-state index contributed by atoms with van der Waals surface area (Å²) in [6, 6.07) is 30.0. The van der Waals surface area contributed by atoms with Crippen LogP contribution in [0.3, 0.4) is 0 Å². The van der Waals surface area contributed by atoms with E-state index in [4.69, 9.17) is 4.42 Å². The van der Waals surface area contributed by atoms with Gasteiger partial charge in [-0.15, -0.1) is 11.8 Å². The van der Waals surface area contributed by atoms with Crippen molar-refractivity contribution in [2.24, 2.45) is 0 Å². The maximum Gasteiger partial charge on any atom is 0.272 e. The van der Waals surface area contributed by atoms with Gasteiger partial charge in [-0.3, -0.25) is 9.59 Å². The Balaban J connectivity index is 1.43. The maximum absolute atomic E-state index is 13.0. The standard InChI is InChI=1S/C27H22N2O3S/c30-26(21-8-3-1-4-9-21)29-25(18-23-10-7-17-32-23)27(31)28-22-15-13-20(14-16-22)19-33-24-11-5-2-6-12-24/h1-18H,19H2,(H,28,31)(H,29,30)/b25-18-. The van der Waals surface area contributed by atoms with Crippen molar-refractivity contribution in [2.45, 2.75) is 10.6 Å². The first-order valence-electron chi connectivity index (χ1n) is 10.4. The Bertz CT molecular complexity index is 1220. The van der Waals surface area contributed by atoms with Gasteiger partial charge in [0.25, 0.3) is 11.8 Å². The molecule has 6 heteroatoms. The largest absolute Gasteiger partial charge is 0.465 e. The van der Waals surface area contributed by atoms with Crippen LogP contribution in [0, 0.1) is 0 Å². The Hall–Kier alpha value is -4.03. The molecule has 4 aromatic rings. The number of furan rings is 1. The molecule has 33 heavy (non-hydrogen) atoms. The number of hydrogen-bond acceptors (Lipinski definition) is 4. The Kier molecular flexibility index (Phi) is 7.40. The topological polar surface area (TPSA) is 71.3 Å². The van der Waals surface area contributed by atoms with E-state index in [1.54, 1.807) is 48.2 Å². The molecule has 164 valence electrons. The third kappa shape index (κ3) is 6.48. The van der Waals surface area contributed by atoms with Crippen LogP contribution < -0.4 is 10.6 Å². The Morgan fingerprint density at radius 2 is 1.52 bits per heavy atom. The first kappa shape index (κ1) is 22.2. The lowest BCUT2D eigenvalue weighted by molar-refractivity contribution is -0.113. The van der Waals surface area contributed by atoms with Gasteiger partial charge < -0.3 is 15.1 Å². The fourth-order valence-corrected chi connectivity index (χ4v) is 3.90. The van der Waals surface area contributed by atoms with Gasteiger partial charge >= 0.3 is 0 Å². The number of carbonyl (C=O) groups excluding carboxylic acids is 2. The van der Waals surface area contributed by atoms with Crippen LogP contribution in [0.5, 0.6) is 0 Å². The molecule has 0 saturated heterocycles. The van der Waals surface area contributed by atoms with Crippen LogP contribution in [-0.2, 0) is 10.5 Å². The van der Waals surface area contributed by atoms with Crippen LogP contribution >= 0.6 is 11.8 Å². The van der Waals surface area contributed by atoms with E-state index < -0.39 is 5.91 Å². The SMILES string of the molecule is O=C(Nc1ccc(CSc2ccccc2)cc1)/C(=C/c1ccco1)NC(=O)c1ccccc1. The Morgan fingerprint density at radius 1 is 0.818 bits per heavy atom. The minimum Gasteiger partial charge on any atom is -0.465 e. The van der Waals surface area contributed by atoms with E-state index in [9.17, 15) is 9.59 Å². The van der Waals surface area contributed by atoms with Gasteiger partial charge in [0.15, 0.2) is 0 Å². The first-order chi connectivity index (χ1) is 16.2. The number of rotatable bonds is 8. The molecule has 0 aliphatic rings. The summed E-state index contributed by atoms with van der Waals surface area (Å²) in [7, 11) is 0. The van der Waals surface area contributed by atoms with E-state index in [0.717, 1.165) is 11.3 Å². The number of benzene rings is 3. The zero-order valence-electron chi connectivity index (χ0n) is 17.7. The van der Waals surface area contributed by atoms with Gasteiger partial charge in [-0.1, -0.05) is 48.5 Å². The summed E-state index contributed by atoms with van der Waals surface area (Å²) in [5.41, 5.74) is 2.32. The molecule has 0 saturated carbocycles. The van der Waals surface area contributed by atoms with Gasteiger partial charge in [0.05, 0.1) is 6.26 Å². The Labute approximate surface area is 196 Å². The van der Waals surface area contributed by atoms with Crippen LogP contribution in [0.25, 0.3) is 6.08 Å². The van der Waals surface area contributed by atoms with E-state index in [-0.39, 0.29) is 11.6 Å². The number of thioether (sulfide) groups is 1. The van der Waals surface area contributed by atoms with Crippen molar-refractivity contribution in [3.05, 3.63) is 126 Å². The van der Waals surface area contributed by atoms with Crippen LogP contribution in [-0.4, -0.2) is 11.8 Å². The molecule has 0 spiro atoms. The molecule has 4 rings (SSSR count). The van der Waals surface area contributed by atoms with Gasteiger partial charge in [0.1, 0.15) is 11.5 Å². The van der Waals surface area contributed by atoms with E-state index in [1.165, 1.54) is 17.2 Å². The molecule has 2 N–H and O–H groups in total. The third-order valence-corrected chi connectivity index (χ3v) is 5.80. The molecular weight excluding hydrogens is 432 g/mol. The van der Waals surface area contributed by atoms with Crippen molar-refractivity contribution in [3.63, 3.8) is 0 Å². The maximum atomic E-state index is 13.0.